The predicted molar refractivity (Wildman–Crippen MR) is 28.8 cm³/mol. The molecule has 0 bridgehead atoms. The molecule has 2 heteroatoms. The number of H-pyrrole nitrogens is 1. The van der Waals surface area contributed by atoms with Crippen molar-refractivity contribution in [3.05, 3.63) is 11.8 Å². The molecule has 1 aliphatic rings. The highest BCUT2D eigenvalue weighted by Gasteiger charge is 2.18. The van der Waals surface area contributed by atoms with Gasteiger partial charge in [0.2, 0.25) is 0 Å². The summed E-state index contributed by atoms with van der Waals surface area (Å²) >= 11 is 0. The molecule has 0 radical (unpaired) electrons. The zero-order valence-corrected chi connectivity index (χ0v) is 4.08. The SMILES string of the molecule is Cc1c[nH]c2c1N2. The van der Waals surface area contributed by atoms with E-state index in [1.807, 2.05) is 6.20 Å². The van der Waals surface area contributed by atoms with Crippen molar-refractivity contribution in [3.63, 3.8) is 0 Å². The van der Waals surface area contributed by atoms with Crippen LogP contribution >= 0.6 is 0 Å². The van der Waals surface area contributed by atoms with Gasteiger partial charge in [-0.2, -0.15) is 0 Å². The first-order valence-corrected chi connectivity index (χ1v) is 2.33. The molecular weight excluding hydrogens is 88.1 g/mol. The van der Waals surface area contributed by atoms with E-state index in [-0.39, 0.29) is 0 Å². The van der Waals surface area contributed by atoms with E-state index in [0.717, 1.165) is 0 Å². The molecule has 36 valence electrons. The molecule has 0 spiro atoms. The van der Waals surface area contributed by atoms with Crippen LogP contribution in [0.5, 0.6) is 0 Å². The van der Waals surface area contributed by atoms with Gasteiger partial charge >= 0.3 is 0 Å². The third kappa shape index (κ3) is 0.243. The van der Waals surface area contributed by atoms with E-state index in [1.54, 1.807) is 0 Å². The topological polar surface area (TPSA) is 37.7 Å². The Balaban J connectivity index is 2.76. The second-order valence-corrected chi connectivity index (χ2v) is 1.85. The normalized spacial score (nSPS) is 12.7. The molecule has 1 aromatic rings. The summed E-state index contributed by atoms with van der Waals surface area (Å²) in [6, 6.07) is 0. The molecule has 7 heavy (non-hydrogen) atoms. The molecule has 0 atom stereocenters. The van der Waals surface area contributed by atoms with Crippen LogP contribution in [0, 0.1) is 6.92 Å². The molecule has 0 unspecified atom stereocenters. The van der Waals surface area contributed by atoms with E-state index in [9.17, 15) is 0 Å². The molecule has 2 rings (SSSR count). The molecule has 2 N–H and O–H groups in total. The van der Waals surface area contributed by atoms with Gasteiger partial charge in [0.1, 0.15) is 5.82 Å². The quantitative estimate of drug-likeness (QED) is 0.475. The maximum absolute atomic E-state index is 3.07. The van der Waals surface area contributed by atoms with Gasteiger partial charge in [-0.1, -0.05) is 0 Å². The Bertz CT molecular complexity index is 200. The van der Waals surface area contributed by atoms with Crippen molar-refractivity contribution < 1.29 is 0 Å². The van der Waals surface area contributed by atoms with Gasteiger partial charge in [0.15, 0.2) is 0 Å². The van der Waals surface area contributed by atoms with Crippen molar-refractivity contribution in [1.29, 1.82) is 0 Å². The summed E-state index contributed by atoms with van der Waals surface area (Å²) < 4.78 is 0. The molecular formula is C5H6N2. The van der Waals surface area contributed by atoms with E-state index in [4.69, 9.17) is 0 Å². The number of fused-ring (bicyclic) bond motifs is 1. The van der Waals surface area contributed by atoms with Crippen molar-refractivity contribution in [2.45, 2.75) is 6.92 Å². The van der Waals surface area contributed by atoms with E-state index in [2.05, 4.69) is 17.2 Å². The average Bonchev–Trinajstić information content (AvgIpc) is 2.33. The van der Waals surface area contributed by atoms with Gasteiger partial charge < -0.3 is 10.3 Å². The summed E-state index contributed by atoms with van der Waals surface area (Å²) in [5, 5.41) is 3.07. The zero-order valence-electron chi connectivity index (χ0n) is 4.08. The first kappa shape index (κ1) is 3.13. The van der Waals surface area contributed by atoms with E-state index >= 15 is 0 Å². The summed E-state index contributed by atoms with van der Waals surface area (Å²) in [5.74, 6) is 1.19. The molecule has 0 saturated carbocycles. The molecule has 0 saturated heterocycles. The maximum atomic E-state index is 3.07. The Labute approximate surface area is 41.5 Å². The largest absolute Gasteiger partial charge is 0.346 e. The fraction of sp³-hybridized carbons (Fsp3) is 0.200. The Morgan fingerprint density at radius 1 is 1.57 bits per heavy atom. The highest BCUT2D eigenvalue weighted by atomic mass is 15.2. The minimum Gasteiger partial charge on any atom is -0.346 e. The highest BCUT2D eigenvalue weighted by molar-refractivity contribution is 5.89. The Morgan fingerprint density at radius 3 is 2.57 bits per heavy atom. The van der Waals surface area contributed by atoms with Gasteiger partial charge in [0.25, 0.3) is 0 Å². The lowest BCUT2D eigenvalue weighted by atomic mass is 10.4. The summed E-state index contributed by atoms with van der Waals surface area (Å²) in [5.41, 5.74) is 2.61. The lowest BCUT2D eigenvalue weighted by molar-refractivity contribution is 1.37. The Kier molecular flexibility index (Phi) is 0.308. The van der Waals surface area contributed by atoms with Crippen LogP contribution < -0.4 is 5.32 Å². The van der Waals surface area contributed by atoms with Crippen LogP contribution in [0.2, 0.25) is 0 Å². The first-order chi connectivity index (χ1) is 3.38. The number of aryl methyl sites for hydroxylation is 1. The molecule has 0 aliphatic carbocycles. The maximum Gasteiger partial charge on any atom is 0.132 e. The number of anilines is 2. The summed E-state index contributed by atoms with van der Waals surface area (Å²) in [6.07, 6.45) is 2.00. The third-order valence-corrected chi connectivity index (χ3v) is 1.26. The standard InChI is InChI=1S/C5H6N2/c1-3-2-6-5-4(3)7-5/h2,6-7H,1H3. The summed E-state index contributed by atoms with van der Waals surface area (Å²) in [4.78, 5) is 3.05. The fourth-order valence-electron chi connectivity index (χ4n) is 0.750. The van der Waals surface area contributed by atoms with E-state index in [0.29, 0.717) is 0 Å². The van der Waals surface area contributed by atoms with Gasteiger partial charge in [0, 0.05) is 6.20 Å². The minimum atomic E-state index is 1.19. The lowest BCUT2D eigenvalue weighted by Gasteiger charge is -1.76. The van der Waals surface area contributed by atoms with Crippen LogP contribution in [0.3, 0.4) is 0 Å². The second kappa shape index (κ2) is 0.689. The zero-order chi connectivity index (χ0) is 4.85. The first-order valence-electron chi connectivity index (χ1n) is 2.33. The highest BCUT2D eigenvalue weighted by Crippen LogP contribution is 2.39. The van der Waals surface area contributed by atoms with Crippen molar-refractivity contribution in [3.8, 4) is 0 Å². The van der Waals surface area contributed by atoms with Crippen LogP contribution in [-0.4, -0.2) is 4.98 Å². The van der Waals surface area contributed by atoms with Crippen molar-refractivity contribution in [2.75, 3.05) is 5.32 Å². The fourth-order valence-corrected chi connectivity index (χ4v) is 0.750. The second-order valence-electron chi connectivity index (χ2n) is 1.85. The molecule has 1 aromatic heterocycles. The van der Waals surface area contributed by atoms with Crippen LogP contribution in [0.1, 0.15) is 5.56 Å². The van der Waals surface area contributed by atoms with Crippen LogP contribution in [0.25, 0.3) is 0 Å². The van der Waals surface area contributed by atoms with Gasteiger partial charge in [-0.15, -0.1) is 0 Å². The molecule has 0 fully saturated rings. The van der Waals surface area contributed by atoms with E-state index in [1.165, 1.54) is 17.1 Å². The molecule has 0 amide bonds. The van der Waals surface area contributed by atoms with Crippen molar-refractivity contribution in [2.24, 2.45) is 0 Å². The van der Waals surface area contributed by atoms with Gasteiger partial charge in [-0.3, -0.25) is 0 Å². The number of aromatic nitrogens is 1. The summed E-state index contributed by atoms with van der Waals surface area (Å²) in [7, 11) is 0. The van der Waals surface area contributed by atoms with Crippen LogP contribution in [0.4, 0.5) is 11.5 Å². The van der Waals surface area contributed by atoms with Crippen molar-refractivity contribution >= 4 is 11.5 Å². The number of rotatable bonds is 0. The van der Waals surface area contributed by atoms with Gasteiger partial charge in [0.05, 0.1) is 5.69 Å². The van der Waals surface area contributed by atoms with Crippen molar-refractivity contribution in [1.82, 2.24) is 4.98 Å². The molecule has 2 heterocycles. The molecule has 0 aromatic carbocycles. The number of hydrogen-bond donors (Lipinski definition) is 2. The molecule has 2 nitrogen and oxygen atoms in total. The lowest BCUT2D eigenvalue weighted by Crippen LogP contribution is -1.67. The van der Waals surface area contributed by atoms with Crippen LogP contribution in [0.15, 0.2) is 6.20 Å². The van der Waals surface area contributed by atoms with E-state index < -0.39 is 0 Å². The van der Waals surface area contributed by atoms with Gasteiger partial charge in [-0.05, 0) is 12.5 Å². The number of aromatic amines is 1. The Hall–Kier alpha value is -0.920. The Morgan fingerprint density at radius 2 is 2.43 bits per heavy atom. The smallest absolute Gasteiger partial charge is 0.132 e. The minimum absolute atomic E-state index is 1.19. The number of hydrogen-bond acceptors (Lipinski definition) is 1. The van der Waals surface area contributed by atoms with Gasteiger partial charge in [-0.25, -0.2) is 0 Å². The molecule has 1 aliphatic heterocycles. The van der Waals surface area contributed by atoms with Crippen LogP contribution in [-0.2, 0) is 0 Å². The number of nitrogens with one attached hydrogen (secondary N) is 2. The predicted octanol–water partition coefficient (Wildman–Crippen LogP) is 1.38. The third-order valence-electron chi connectivity index (χ3n) is 1.26. The average molecular weight is 94.1 g/mol. The monoisotopic (exact) mass is 94.1 g/mol. The summed E-state index contributed by atoms with van der Waals surface area (Å²) in [6.45, 7) is 2.08.